The summed E-state index contributed by atoms with van der Waals surface area (Å²) in [6.45, 7) is 6.54. The van der Waals surface area contributed by atoms with Crippen molar-refractivity contribution in [2.24, 2.45) is 0 Å². The molecule has 2 aromatic heterocycles. The lowest BCUT2D eigenvalue weighted by Gasteiger charge is -2.18. The summed E-state index contributed by atoms with van der Waals surface area (Å²) >= 11 is 1.30. The van der Waals surface area contributed by atoms with Crippen molar-refractivity contribution in [3.8, 4) is 5.75 Å². The second kappa shape index (κ2) is 16.7. The third-order valence-corrected chi connectivity index (χ3v) is 10.5. The van der Waals surface area contributed by atoms with Crippen LogP contribution in [0.2, 0.25) is 0 Å². The van der Waals surface area contributed by atoms with Crippen molar-refractivity contribution in [3.63, 3.8) is 0 Å². The highest BCUT2D eigenvalue weighted by Gasteiger charge is 2.29. The fraction of sp³-hybridized carbons (Fsp3) is 0.455. The summed E-state index contributed by atoms with van der Waals surface area (Å²) in [7, 11) is -4.27. The third kappa shape index (κ3) is 10.2. The Morgan fingerprint density at radius 2 is 1.85 bits per heavy atom. The van der Waals surface area contributed by atoms with Crippen LogP contribution in [0.15, 0.2) is 41.3 Å². The van der Waals surface area contributed by atoms with E-state index < -0.39 is 34.5 Å². The number of pyridine rings is 1. The molecule has 1 atom stereocenters. The van der Waals surface area contributed by atoms with E-state index in [1.165, 1.54) is 16.9 Å². The van der Waals surface area contributed by atoms with Gasteiger partial charge in [0.1, 0.15) is 17.6 Å². The van der Waals surface area contributed by atoms with Crippen LogP contribution < -0.4 is 25.4 Å². The second-order valence-corrected chi connectivity index (χ2v) is 14.3. The van der Waals surface area contributed by atoms with Crippen LogP contribution in [-0.2, 0) is 38.9 Å². The summed E-state index contributed by atoms with van der Waals surface area (Å²) < 4.78 is 34.6. The number of aryl methyl sites for hydroxylation is 5. The molecule has 0 radical (unpaired) electrons. The van der Waals surface area contributed by atoms with E-state index in [1.54, 1.807) is 32.0 Å². The molecule has 3 heterocycles. The summed E-state index contributed by atoms with van der Waals surface area (Å²) in [4.78, 5) is 42.7. The Morgan fingerprint density at radius 1 is 1.09 bits per heavy atom. The minimum Gasteiger partial charge on any atom is -0.494 e. The van der Waals surface area contributed by atoms with E-state index in [4.69, 9.17) is 9.72 Å². The van der Waals surface area contributed by atoms with Crippen LogP contribution in [0.5, 0.6) is 5.75 Å². The van der Waals surface area contributed by atoms with Crippen molar-refractivity contribution in [2.75, 3.05) is 31.6 Å². The van der Waals surface area contributed by atoms with Gasteiger partial charge in [0.25, 0.3) is 5.91 Å². The standard InChI is InChI=1S/C33H43N5O7S2/c1-4-15-34-29(39)8-6-17-45-25-18-21(2)30(22(3)19-25)47(43,44)38-27(33(41)42)20-36-32(40)28-14-13-26(46-28)12-11-24-10-9-23-7-5-16-35-31(23)37-24/h9-10,13-14,18-19,27,38H,4-8,11-12,15-17,20H2,1-3H3,(H,34,39)(H,35,37)(H,36,40)(H,41,42). The van der Waals surface area contributed by atoms with Gasteiger partial charge >= 0.3 is 5.97 Å². The molecule has 12 nitrogen and oxygen atoms in total. The third-order valence-electron chi connectivity index (χ3n) is 7.62. The lowest BCUT2D eigenvalue weighted by Crippen LogP contribution is -2.48. The zero-order valence-corrected chi connectivity index (χ0v) is 28.6. The van der Waals surface area contributed by atoms with Crippen LogP contribution in [0.1, 0.15) is 69.5 Å². The molecular weight excluding hydrogens is 643 g/mol. The van der Waals surface area contributed by atoms with E-state index in [2.05, 4.69) is 26.7 Å². The summed E-state index contributed by atoms with van der Waals surface area (Å²) in [6, 6.07) is 9.20. The van der Waals surface area contributed by atoms with Crippen LogP contribution in [0.3, 0.4) is 0 Å². The molecule has 1 aliphatic heterocycles. The molecule has 0 bridgehead atoms. The lowest BCUT2D eigenvalue weighted by molar-refractivity contribution is -0.138. The van der Waals surface area contributed by atoms with Crippen molar-refractivity contribution in [2.45, 2.75) is 76.7 Å². The Kier molecular flexibility index (Phi) is 12.7. The Bertz CT molecular complexity index is 1670. The average molecular weight is 686 g/mol. The van der Waals surface area contributed by atoms with Crippen LogP contribution in [0.4, 0.5) is 5.82 Å². The minimum atomic E-state index is -4.27. The molecule has 254 valence electrons. The van der Waals surface area contributed by atoms with Crippen molar-refractivity contribution in [3.05, 3.63) is 68.5 Å². The van der Waals surface area contributed by atoms with E-state index in [1.807, 2.05) is 19.1 Å². The summed E-state index contributed by atoms with van der Waals surface area (Å²) in [5, 5.41) is 18.5. The molecule has 5 N–H and O–H groups in total. The van der Waals surface area contributed by atoms with Crippen LogP contribution >= 0.6 is 11.3 Å². The Balaban J connectivity index is 1.30. The first kappa shape index (κ1) is 35.8. The van der Waals surface area contributed by atoms with Gasteiger partial charge < -0.3 is 25.8 Å². The first-order valence-corrected chi connectivity index (χ1v) is 18.1. The largest absolute Gasteiger partial charge is 0.494 e. The number of nitrogens with zero attached hydrogens (tertiary/aromatic N) is 1. The molecule has 3 aromatic rings. The van der Waals surface area contributed by atoms with Gasteiger partial charge in [-0.05, 0) is 99.4 Å². The number of thiophene rings is 1. The lowest BCUT2D eigenvalue weighted by atomic mass is 10.1. The number of rotatable bonds is 17. The molecule has 1 aromatic carbocycles. The number of sulfonamides is 1. The van der Waals surface area contributed by atoms with Gasteiger partial charge in [-0.1, -0.05) is 13.0 Å². The van der Waals surface area contributed by atoms with Gasteiger partial charge in [-0.15, -0.1) is 11.3 Å². The van der Waals surface area contributed by atoms with Crippen LogP contribution in [-0.4, -0.2) is 68.6 Å². The number of ether oxygens (including phenoxy) is 1. The average Bonchev–Trinajstić information content (AvgIpc) is 3.51. The first-order chi connectivity index (χ1) is 22.5. The molecular formula is C33H43N5O7S2. The molecule has 4 rings (SSSR count). The molecule has 14 heteroatoms. The monoisotopic (exact) mass is 685 g/mol. The SMILES string of the molecule is CCCNC(=O)CCCOc1cc(C)c(S(=O)(=O)NC(CNC(=O)c2ccc(CCc3ccc4c(n3)NCCC4)s2)C(=O)O)c(C)c1. The summed E-state index contributed by atoms with van der Waals surface area (Å²) in [6.07, 6.45) is 5.20. The molecule has 0 fully saturated rings. The number of nitrogens with one attached hydrogen (secondary N) is 4. The molecule has 0 spiro atoms. The van der Waals surface area contributed by atoms with Crippen LogP contribution in [0, 0.1) is 13.8 Å². The number of carboxylic acids is 1. The van der Waals surface area contributed by atoms with E-state index in [0.717, 1.165) is 42.2 Å². The highest BCUT2D eigenvalue weighted by molar-refractivity contribution is 7.89. The van der Waals surface area contributed by atoms with Gasteiger partial charge in [0.2, 0.25) is 15.9 Å². The zero-order valence-electron chi connectivity index (χ0n) is 27.0. The quantitative estimate of drug-likeness (QED) is 0.133. The van der Waals surface area contributed by atoms with Crippen molar-refractivity contribution in [1.29, 1.82) is 0 Å². The Morgan fingerprint density at radius 3 is 2.57 bits per heavy atom. The van der Waals surface area contributed by atoms with Gasteiger partial charge in [0.05, 0.1) is 16.4 Å². The predicted molar refractivity (Wildman–Crippen MR) is 181 cm³/mol. The number of hydrogen-bond donors (Lipinski definition) is 5. The number of anilines is 1. The molecule has 2 amide bonds. The topological polar surface area (TPSA) is 176 Å². The van der Waals surface area contributed by atoms with Gasteiger partial charge in [0, 0.05) is 36.6 Å². The number of aliphatic carboxylic acids is 1. The van der Waals surface area contributed by atoms with E-state index >= 15 is 0 Å². The highest BCUT2D eigenvalue weighted by atomic mass is 32.2. The van der Waals surface area contributed by atoms with Gasteiger partial charge in [-0.2, -0.15) is 4.72 Å². The van der Waals surface area contributed by atoms with Gasteiger partial charge in [-0.3, -0.25) is 14.4 Å². The summed E-state index contributed by atoms with van der Waals surface area (Å²) in [5.74, 6) is -0.574. The maximum Gasteiger partial charge on any atom is 0.323 e. The van der Waals surface area contributed by atoms with Crippen molar-refractivity contribution < 1.29 is 32.6 Å². The molecule has 0 aliphatic carbocycles. The maximum atomic E-state index is 13.3. The number of aromatic nitrogens is 1. The number of amides is 2. The minimum absolute atomic E-state index is 0.0492. The van der Waals surface area contributed by atoms with E-state index in [-0.39, 0.29) is 17.4 Å². The smallest absolute Gasteiger partial charge is 0.323 e. The number of benzene rings is 1. The van der Waals surface area contributed by atoms with Gasteiger partial charge in [-0.25, -0.2) is 13.4 Å². The molecule has 0 saturated carbocycles. The number of carbonyl (C=O) groups excluding carboxylic acids is 2. The highest BCUT2D eigenvalue weighted by Crippen LogP contribution is 2.27. The maximum absolute atomic E-state index is 13.3. The fourth-order valence-electron chi connectivity index (χ4n) is 5.29. The number of carbonyl (C=O) groups is 3. The number of carboxylic acid groups (broad SMARTS) is 1. The summed E-state index contributed by atoms with van der Waals surface area (Å²) in [5.41, 5.74) is 2.93. The Hall–Kier alpha value is -4.01. The number of hydrogen-bond acceptors (Lipinski definition) is 9. The zero-order chi connectivity index (χ0) is 34.0. The second-order valence-electron chi connectivity index (χ2n) is 11.5. The molecule has 1 aliphatic rings. The number of fused-ring (bicyclic) bond motifs is 1. The van der Waals surface area contributed by atoms with E-state index in [9.17, 15) is 27.9 Å². The van der Waals surface area contributed by atoms with Crippen molar-refractivity contribution in [1.82, 2.24) is 20.3 Å². The first-order valence-electron chi connectivity index (χ1n) is 15.8. The normalized spacial score (nSPS) is 13.3. The van der Waals surface area contributed by atoms with E-state index in [0.29, 0.717) is 54.0 Å². The molecule has 1 unspecified atom stereocenters. The van der Waals surface area contributed by atoms with Crippen molar-refractivity contribution >= 4 is 45.0 Å². The Labute approximate surface area is 279 Å². The fourth-order valence-corrected chi connectivity index (χ4v) is 7.86. The van der Waals surface area contributed by atoms with Crippen LogP contribution in [0.25, 0.3) is 0 Å². The van der Waals surface area contributed by atoms with Gasteiger partial charge in [0.15, 0.2) is 0 Å². The predicted octanol–water partition coefficient (Wildman–Crippen LogP) is 3.75. The molecule has 47 heavy (non-hydrogen) atoms. The molecule has 0 saturated heterocycles.